The maximum atomic E-state index is 12.5. The van der Waals surface area contributed by atoms with Gasteiger partial charge >= 0.3 is 5.97 Å². The smallest absolute Gasteiger partial charge is 0.310 e. The Hall–Kier alpha value is -2.10. The van der Waals surface area contributed by atoms with Gasteiger partial charge in [0.1, 0.15) is 0 Å². The summed E-state index contributed by atoms with van der Waals surface area (Å²) in [5.74, 6) is -0.816. The maximum Gasteiger partial charge on any atom is 0.310 e. The van der Waals surface area contributed by atoms with Crippen LogP contribution in [0.15, 0.2) is 4.99 Å². The number of hydrogen-bond donors (Lipinski definition) is 1. The molecule has 0 aromatic heterocycles. The van der Waals surface area contributed by atoms with Crippen LogP contribution >= 0.6 is 0 Å². The second kappa shape index (κ2) is 7.42. The Balaban J connectivity index is 1.82. The molecule has 1 saturated carbocycles. The topological polar surface area (TPSA) is 94.8 Å². The Labute approximate surface area is 148 Å². The normalized spacial score (nSPS) is 28.7. The van der Waals surface area contributed by atoms with Crippen molar-refractivity contribution < 1.29 is 14.3 Å². The number of piperidine rings is 1. The molecule has 0 aromatic carbocycles. The van der Waals surface area contributed by atoms with Crippen LogP contribution in [-0.2, 0) is 14.3 Å². The predicted molar refractivity (Wildman–Crippen MR) is 91.4 cm³/mol. The highest BCUT2D eigenvalue weighted by atomic mass is 16.5. The number of amides is 1. The summed E-state index contributed by atoms with van der Waals surface area (Å²) >= 11 is 0. The monoisotopic (exact) mass is 346 g/mol. The van der Waals surface area contributed by atoms with Gasteiger partial charge in [-0.15, -0.1) is 0 Å². The molecule has 7 heteroatoms. The Morgan fingerprint density at radius 3 is 2.84 bits per heavy atom. The number of nitrogens with one attached hydrogen (secondary N) is 1. The molecule has 136 valence electrons. The van der Waals surface area contributed by atoms with E-state index in [2.05, 4.69) is 11.4 Å². The van der Waals surface area contributed by atoms with Crippen LogP contribution in [0.4, 0.5) is 0 Å². The van der Waals surface area contributed by atoms with Crippen molar-refractivity contribution in [3.63, 3.8) is 0 Å². The van der Waals surface area contributed by atoms with Crippen molar-refractivity contribution in [3.8, 4) is 6.07 Å². The van der Waals surface area contributed by atoms with Gasteiger partial charge in [0.05, 0.1) is 24.1 Å². The summed E-state index contributed by atoms with van der Waals surface area (Å²) in [6, 6.07) is 2.17. The Kier molecular flexibility index (Phi) is 5.26. The molecular weight excluding hydrogens is 320 g/mol. The van der Waals surface area contributed by atoms with E-state index in [-0.39, 0.29) is 17.8 Å². The van der Waals surface area contributed by atoms with Gasteiger partial charge in [-0.2, -0.15) is 5.26 Å². The largest absolute Gasteiger partial charge is 0.466 e. The lowest BCUT2D eigenvalue weighted by atomic mass is 9.72. The van der Waals surface area contributed by atoms with E-state index in [1.165, 1.54) is 0 Å². The van der Waals surface area contributed by atoms with Crippen LogP contribution in [0.1, 0.15) is 51.9 Å². The molecule has 0 unspecified atom stereocenters. The number of nitrogens with zero attached hydrogens (tertiary/aromatic N) is 3. The van der Waals surface area contributed by atoms with Crippen LogP contribution < -0.4 is 5.32 Å². The van der Waals surface area contributed by atoms with Crippen molar-refractivity contribution in [2.24, 2.45) is 16.8 Å². The van der Waals surface area contributed by atoms with Gasteiger partial charge in [-0.25, -0.2) is 4.99 Å². The van der Waals surface area contributed by atoms with Crippen LogP contribution in [0.3, 0.4) is 0 Å². The van der Waals surface area contributed by atoms with Crippen molar-refractivity contribution in [3.05, 3.63) is 0 Å². The van der Waals surface area contributed by atoms with E-state index in [1.54, 1.807) is 6.92 Å². The molecule has 2 heterocycles. The van der Waals surface area contributed by atoms with E-state index in [0.29, 0.717) is 19.1 Å². The second-order valence-corrected chi connectivity index (χ2v) is 7.19. The average molecular weight is 346 g/mol. The number of carbonyl (C=O) groups is 2. The number of esters is 1. The van der Waals surface area contributed by atoms with Gasteiger partial charge in [-0.05, 0) is 32.6 Å². The summed E-state index contributed by atoms with van der Waals surface area (Å²) in [4.78, 5) is 31.5. The highest BCUT2D eigenvalue weighted by Gasteiger charge is 2.48. The highest BCUT2D eigenvalue weighted by molar-refractivity contribution is 6.02. The Morgan fingerprint density at radius 1 is 1.40 bits per heavy atom. The lowest BCUT2D eigenvalue weighted by molar-refractivity contribution is -0.149. The Bertz CT molecular complexity index is 604. The van der Waals surface area contributed by atoms with Crippen LogP contribution in [0.5, 0.6) is 0 Å². The first kappa shape index (κ1) is 17.7. The number of rotatable bonds is 2. The third-order valence-corrected chi connectivity index (χ3v) is 5.55. The fourth-order valence-corrected chi connectivity index (χ4v) is 4.24. The zero-order valence-corrected chi connectivity index (χ0v) is 14.8. The SMILES string of the molecule is CCOC(=O)[C@@H]1CCCN(C2=NC3(CCCCC3)[C@@H](C#N)C(=O)N2)C1. The zero-order valence-electron chi connectivity index (χ0n) is 14.8. The van der Waals surface area contributed by atoms with E-state index in [1.807, 2.05) is 4.90 Å². The molecule has 1 saturated heterocycles. The van der Waals surface area contributed by atoms with Gasteiger partial charge in [0.2, 0.25) is 11.9 Å². The Morgan fingerprint density at radius 2 is 2.16 bits per heavy atom. The van der Waals surface area contributed by atoms with E-state index in [4.69, 9.17) is 9.73 Å². The first-order valence-electron chi connectivity index (χ1n) is 9.31. The molecular formula is C18H26N4O3. The summed E-state index contributed by atoms with van der Waals surface area (Å²) in [6.45, 7) is 3.44. The molecule has 1 N–H and O–H groups in total. The van der Waals surface area contributed by atoms with Gasteiger partial charge in [0.15, 0.2) is 5.92 Å². The fourth-order valence-electron chi connectivity index (χ4n) is 4.24. The molecule has 3 aliphatic rings. The summed E-state index contributed by atoms with van der Waals surface area (Å²) in [5.41, 5.74) is -0.596. The minimum absolute atomic E-state index is 0.183. The lowest BCUT2D eigenvalue weighted by Crippen LogP contribution is -2.59. The molecule has 1 aliphatic carbocycles. The number of carbonyl (C=O) groups excluding carboxylic acids is 2. The number of hydrogen-bond acceptors (Lipinski definition) is 6. The first-order chi connectivity index (χ1) is 12.1. The van der Waals surface area contributed by atoms with Gasteiger partial charge < -0.3 is 9.64 Å². The summed E-state index contributed by atoms with van der Waals surface area (Å²) in [5, 5.41) is 12.3. The van der Waals surface area contributed by atoms with E-state index in [9.17, 15) is 14.9 Å². The van der Waals surface area contributed by atoms with Crippen molar-refractivity contribution in [1.82, 2.24) is 10.2 Å². The maximum absolute atomic E-state index is 12.5. The van der Waals surface area contributed by atoms with Gasteiger partial charge in [-0.3, -0.25) is 14.9 Å². The molecule has 25 heavy (non-hydrogen) atoms. The third-order valence-electron chi connectivity index (χ3n) is 5.55. The third kappa shape index (κ3) is 3.48. The molecule has 3 rings (SSSR count). The van der Waals surface area contributed by atoms with E-state index >= 15 is 0 Å². The van der Waals surface area contributed by atoms with Crippen LogP contribution in [-0.4, -0.2) is 48.0 Å². The minimum atomic E-state index is -0.720. The van der Waals surface area contributed by atoms with Crippen molar-refractivity contribution in [2.75, 3.05) is 19.7 Å². The van der Waals surface area contributed by atoms with Crippen LogP contribution in [0.2, 0.25) is 0 Å². The lowest BCUT2D eigenvalue weighted by Gasteiger charge is -2.43. The number of likely N-dealkylation sites (tertiary alicyclic amines) is 1. The van der Waals surface area contributed by atoms with Crippen molar-refractivity contribution in [1.29, 1.82) is 5.26 Å². The van der Waals surface area contributed by atoms with Gasteiger partial charge in [-0.1, -0.05) is 19.3 Å². The molecule has 0 bridgehead atoms. The number of guanidine groups is 1. The summed E-state index contributed by atoms with van der Waals surface area (Å²) in [6.07, 6.45) is 6.31. The average Bonchev–Trinajstić information content (AvgIpc) is 2.62. The van der Waals surface area contributed by atoms with Gasteiger partial charge in [0, 0.05) is 13.1 Å². The van der Waals surface area contributed by atoms with Gasteiger partial charge in [0.25, 0.3) is 0 Å². The standard InChI is InChI=1S/C18H26N4O3/c1-2-25-16(24)13-7-6-10-22(12-13)17-20-15(23)14(11-19)18(21-17)8-4-3-5-9-18/h13-14H,2-10,12H2,1H3,(H,20,21,23)/t13-,14+/m1/s1. The van der Waals surface area contributed by atoms with Crippen LogP contribution in [0.25, 0.3) is 0 Å². The number of ether oxygens (including phenoxy) is 1. The second-order valence-electron chi connectivity index (χ2n) is 7.19. The van der Waals surface area contributed by atoms with Crippen molar-refractivity contribution >= 4 is 17.8 Å². The predicted octanol–water partition coefficient (Wildman–Crippen LogP) is 1.59. The quantitative estimate of drug-likeness (QED) is 0.766. The van der Waals surface area contributed by atoms with Crippen LogP contribution in [0, 0.1) is 23.2 Å². The zero-order chi connectivity index (χ0) is 17.9. The molecule has 0 radical (unpaired) electrons. The molecule has 2 atom stereocenters. The number of nitriles is 1. The molecule has 0 aromatic rings. The summed E-state index contributed by atoms with van der Waals surface area (Å²) in [7, 11) is 0. The van der Waals surface area contributed by atoms with E-state index < -0.39 is 11.5 Å². The fraction of sp³-hybridized carbons (Fsp3) is 0.778. The molecule has 1 spiro atoms. The molecule has 2 fully saturated rings. The first-order valence-corrected chi connectivity index (χ1v) is 9.31. The molecule has 2 aliphatic heterocycles. The molecule has 7 nitrogen and oxygen atoms in total. The minimum Gasteiger partial charge on any atom is -0.466 e. The van der Waals surface area contributed by atoms with E-state index in [0.717, 1.165) is 51.5 Å². The summed E-state index contributed by atoms with van der Waals surface area (Å²) < 4.78 is 5.15. The van der Waals surface area contributed by atoms with Crippen molar-refractivity contribution in [2.45, 2.75) is 57.4 Å². The molecule has 1 amide bonds. The highest BCUT2D eigenvalue weighted by Crippen LogP contribution is 2.40. The number of aliphatic imine (C=N–C) groups is 1.